The van der Waals surface area contributed by atoms with Crippen molar-refractivity contribution in [2.75, 3.05) is 17.7 Å². The van der Waals surface area contributed by atoms with Crippen molar-refractivity contribution in [2.45, 2.75) is 25.9 Å². The average Bonchev–Trinajstić information content (AvgIpc) is 3.52. The van der Waals surface area contributed by atoms with Gasteiger partial charge in [-0.1, -0.05) is 23.9 Å². The summed E-state index contributed by atoms with van der Waals surface area (Å²) in [5.41, 5.74) is 2.92. The van der Waals surface area contributed by atoms with E-state index in [9.17, 15) is 9.59 Å². The molecule has 0 saturated heterocycles. The maximum absolute atomic E-state index is 12.8. The molecule has 0 aliphatic heterocycles. The predicted octanol–water partition coefficient (Wildman–Crippen LogP) is 5.11. The maximum Gasteiger partial charge on any atom is 0.341 e. The van der Waals surface area contributed by atoms with Gasteiger partial charge in [-0.05, 0) is 50.6 Å². The first-order valence-electron chi connectivity index (χ1n) is 10.2. The predicted molar refractivity (Wildman–Crippen MR) is 128 cm³/mol. The molecule has 8 nitrogen and oxygen atoms in total. The summed E-state index contributed by atoms with van der Waals surface area (Å²) in [6, 6.07) is 11.5. The molecule has 0 aliphatic carbocycles. The minimum atomic E-state index is -0.511. The Morgan fingerprint density at radius 2 is 2.06 bits per heavy atom. The van der Waals surface area contributed by atoms with Crippen LogP contribution in [0.2, 0.25) is 0 Å². The van der Waals surface area contributed by atoms with Crippen LogP contribution in [0.4, 0.5) is 5.00 Å². The van der Waals surface area contributed by atoms with Gasteiger partial charge in [0.1, 0.15) is 22.1 Å². The number of hydrogen-bond acceptors (Lipinski definition) is 8. The molecule has 1 aromatic carbocycles. The Bertz CT molecular complexity index is 1280. The molecule has 1 amide bonds. The quantitative estimate of drug-likeness (QED) is 0.275. The van der Waals surface area contributed by atoms with Gasteiger partial charge in [-0.25, -0.2) is 4.79 Å². The van der Waals surface area contributed by atoms with Gasteiger partial charge >= 0.3 is 5.97 Å². The molecule has 33 heavy (non-hydrogen) atoms. The number of furan rings is 1. The van der Waals surface area contributed by atoms with E-state index in [-0.39, 0.29) is 23.8 Å². The van der Waals surface area contributed by atoms with Crippen molar-refractivity contribution < 1.29 is 18.7 Å². The molecule has 0 bridgehead atoms. The fourth-order valence-corrected chi connectivity index (χ4v) is 5.01. The van der Waals surface area contributed by atoms with Gasteiger partial charge in [-0.15, -0.1) is 21.5 Å². The standard InChI is InChI=1S/C23H22N4O4S2/c1-4-30-22(29)20-17(18-9-6-10-31-18)12-32-21(20)24-19(28)13-33-23-26-25-15(3)27(23)16-8-5-7-14(2)11-16/h5-12H,4,13H2,1-3H3,(H,24,28). The monoisotopic (exact) mass is 482 g/mol. The normalized spacial score (nSPS) is 10.9. The summed E-state index contributed by atoms with van der Waals surface area (Å²) in [6.45, 7) is 5.84. The van der Waals surface area contributed by atoms with Crippen molar-refractivity contribution in [1.29, 1.82) is 0 Å². The van der Waals surface area contributed by atoms with Crippen molar-refractivity contribution in [3.8, 4) is 17.0 Å². The Morgan fingerprint density at radius 1 is 1.21 bits per heavy atom. The number of aromatic nitrogens is 3. The van der Waals surface area contributed by atoms with Gasteiger partial charge in [0, 0.05) is 16.6 Å². The van der Waals surface area contributed by atoms with E-state index in [1.54, 1.807) is 24.4 Å². The van der Waals surface area contributed by atoms with Crippen molar-refractivity contribution >= 4 is 40.0 Å². The van der Waals surface area contributed by atoms with E-state index in [1.165, 1.54) is 29.4 Å². The number of amides is 1. The molecule has 0 atom stereocenters. The van der Waals surface area contributed by atoms with Crippen LogP contribution in [0.3, 0.4) is 0 Å². The van der Waals surface area contributed by atoms with Gasteiger partial charge in [0.2, 0.25) is 5.91 Å². The van der Waals surface area contributed by atoms with Crippen LogP contribution >= 0.6 is 23.1 Å². The number of carbonyl (C=O) groups excluding carboxylic acids is 2. The second-order valence-corrected chi connectivity index (χ2v) is 8.91. The highest BCUT2D eigenvalue weighted by Crippen LogP contribution is 2.36. The largest absolute Gasteiger partial charge is 0.464 e. The van der Waals surface area contributed by atoms with Crippen molar-refractivity contribution in [3.63, 3.8) is 0 Å². The summed E-state index contributed by atoms with van der Waals surface area (Å²) >= 11 is 2.52. The Hall–Kier alpha value is -3.37. The van der Waals surface area contributed by atoms with Gasteiger partial charge in [0.05, 0.1) is 18.6 Å². The number of benzene rings is 1. The Labute approximate surface area is 199 Å². The van der Waals surface area contributed by atoms with E-state index in [4.69, 9.17) is 9.15 Å². The molecule has 4 aromatic rings. The molecule has 0 saturated carbocycles. The summed E-state index contributed by atoms with van der Waals surface area (Å²) in [7, 11) is 0. The maximum atomic E-state index is 12.8. The SMILES string of the molecule is CCOC(=O)c1c(-c2ccco2)csc1NC(=O)CSc1nnc(C)n1-c1cccc(C)c1. The van der Waals surface area contributed by atoms with E-state index in [1.807, 2.05) is 42.7 Å². The Kier molecular flexibility index (Phi) is 6.95. The summed E-state index contributed by atoms with van der Waals surface area (Å²) < 4.78 is 12.6. The van der Waals surface area contributed by atoms with Gasteiger partial charge in [0.15, 0.2) is 5.16 Å². The zero-order valence-electron chi connectivity index (χ0n) is 18.3. The average molecular weight is 483 g/mol. The van der Waals surface area contributed by atoms with E-state index in [2.05, 4.69) is 15.5 Å². The lowest BCUT2D eigenvalue weighted by Gasteiger charge is -2.10. The highest BCUT2D eigenvalue weighted by Gasteiger charge is 2.24. The molecule has 3 aromatic heterocycles. The number of carbonyl (C=O) groups is 2. The van der Waals surface area contributed by atoms with Gasteiger partial charge in [-0.2, -0.15) is 0 Å². The Balaban J connectivity index is 1.51. The van der Waals surface area contributed by atoms with Crippen LogP contribution < -0.4 is 5.32 Å². The Morgan fingerprint density at radius 3 is 2.79 bits per heavy atom. The third-order valence-electron chi connectivity index (χ3n) is 4.70. The van der Waals surface area contributed by atoms with Crippen molar-refractivity contribution in [3.05, 3.63) is 65.0 Å². The van der Waals surface area contributed by atoms with Crippen LogP contribution in [0.1, 0.15) is 28.7 Å². The number of rotatable bonds is 8. The van der Waals surface area contributed by atoms with E-state index in [0.717, 1.165) is 17.1 Å². The molecule has 0 fully saturated rings. The number of thiophene rings is 1. The zero-order chi connectivity index (χ0) is 23.4. The van der Waals surface area contributed by atoms with Gasteiger partial charge in [-0.3, -0.25) is 9.36 Å². The first kappa shape index (κ1) is 22.8. The first-order chi connectivity index (χ1) is 16.0. The van der Waals surface area contributed by atoms with Crippen LogP contribution in [-0.2, 0) is 9.53 Å². The first-order valence-corrected chi connectivity index (χ1v) is 12.1. The van der Waals surface area contributed by atoms with Crippen molar-refractivity contribution in [1.82, 2.24) is 14.8 Å². The second kappa shape index (κ2) is 10.1. The summed E-state index contributed by atoms with van der Waals surface area (Å²) in [6.07, 6.45) is 1.53. The van der Waals surface area contributed by atoms with E-state index >= 15 is 0 Å². The number of ether oxygens (including phenoxy) is 1. The van der Waals surface area contributed by atoms with Crippen LogP contribution in [0.25, 0.3) is 17.0 Å². The molecule has 170 valence electrons. The molecular formula is C23H22N4O4S2. The smallest absolute Gasteiger partial charge is 0.341 e. The van der Waals surface area contributed by atoms with Crippen molar-refractivity contribution in [2.24, 2.45) is 0 Å². The minimum Gasteiger partial charge on any atom is -0.464 e. The topological polar surface area (TPSA) is 99.2 Å². The van der Waals surface area contributed by atoms with Gasteiger partial charge < -0.3 is 14.5 Å². The van der Waals surface area contributed by atoms with E-state index in [0.29, 0.717) is 21.5 Å². The fourth-order valence-electron chi connectivity index (χ4n) is 3.26. The summed E-state index contributed by atoms with van der Waals surface area (Å²) in [5.74, 6) is 0.582. The zero-order valence-corrected chi connectivity index (χ0v) is 20.0. The minimum absolute atomic E-state index is 0.0974. The lowest BCUT2D eigenvalue weighted by Crippen LogP contribution is -2.16. The summed E-state index contributed by atoms with van der Waals surface area (Å²) in [4.78, 5) is 25.4. The number of nitrogens with zero attached hydrogens (tertiary/aromatic N) is 3. The molecule has 3 heterocycles. The van der Waals surface area contributed by atoms with Crippen LogP contribution in [-0.4, -0.2) is 39.0 Å². The number of hydrogen-bond donors (Lipinski definition) is 1. The lowest BCUT2D eigenvalue weighted by atomic mass is 10.1. The molecule has 0 unspecified atom stereocenters. The third kappa shape index (κ3) is 5.01. The van der Waals surface area contributed by atoms with Crippen LogP contribution in [0.15, 0.2) is 57.6 Å². The summed E-state index contributed by atoms with van der Waals surface area (Å²) in [5, 5.41) is 14.0. The third-order valence-corrected chi connectivity index (χ3v) is 6.52. The molecule has 10 heteroatoms. The number of nitrogens with one attached hydrogen (secondary N) is 1. The number of esters is 1. The second-order valence-electron chi connectivity index (χ2n) is 7.09. The molecule has 4 rings (SSSR count). The number of anilines is 1. The number of thioether (sulfide) groups is 1. The highest BCUT2D eigenvalue weighted by molar-refractivity contribution is 7.99. The highest BCUT2D eigenvalue weighted by atomic mass is 32.2. The van der Waals surface area contributed by atoms with Crippen LogP contribution in [0.5, 0.6) is 0 Å². The van der Waals surface area contributed by atoms with Crippen LogP contribution in [0, 0.1) is 13.8 Å². The lowest BCUT2D eigenvalue weighted by molar-refractivity contribution is -0.113. The van der Waals surface area contributed by atoms with E-state index < -0.39 is 5.97 Å². The van der Waals surface area contributed by atoms with Gasteiger partial charge in [0.25, 0.3) is 0 Å². The molecule has 1 N–H and O–H groups in total. The molecule has 0 aliphatic rings. The fraction of sp³-hybridized carbons (Fsp3) is 0.217. The molecule has 0 spiro atoms. The molecular weight excluding hydrogens is 460 g/mol. The molecule has 0 radical (unpaired) electrons. The number of aryl methyl sites for hydroxylation is 2.